The lowest BCUT2D eigenvalue weighted by atomic mass is 10.1. The van der Waals surface area contributed by atoms with E-state index in [2.05, 4.69) is 10.6 Å². The Kier molecular flexibility index (Phi) is 4.88. The van der Waals surface area contributed by atoms with Crippen molar-refractivity contribution in [2.45, 2.75) is 19.9 Å². The molecule has 0 bridgehead atoms. The molecule has 2 rings (SSSR count). The van der Waals surface area contributed by atoms with Crippen molar-refractivity contribution in [3.63, 3.8) is 0 Å². The van der Waals surface area contributed by atoms with E-state index in [1.165, 1.54) is 18.2 Å². The van der Waals surface area contributed by atoms with Crippen LogP contribution in [0.2, 0.25) is 0 Å². The van der Waals surface area contributed by atoms with Gasteiger partial charge in [-0.25, -0.2) is 4.39 Å². The summed E-state index contributed by atoms with van der Waals surface area (Å²) in [6.07, 6.45) is 0. The molecular weight excluding hydrogens is 283 g/mol. The standard InChI is InChI=1S/C17H17FN2O2/c1-11-7-3-4-8-13(11)17(22)19-12(2)16(21)20-15-10-6-5-9-14(15)18/h3-10,12H,1-2H3,(H,19,22)(H,20,21). The molecular formula is C17H17FN2O2. The molecule has 0 fully saturated rings. The van der Waals surface area contributed by atoms with Gasteiger partial charge in [0.1, 0.15) is 11.9 Å². The van der Waals surface area contributed by atoms with Crippen molar-refractivity contribution in [3.8, 4) is 0 Å². The second-order valence-electron chi connectivity index (χ2n) is 4.98. The summed E-state index contributed by atoms with van der Waals surface area (Å²) in [6.45, 7) is 3.37. The number of carbonyl (C=O) groups is 2. The number of rotatable bonds is 4. The SMILES string of the molecule is Cc1ccccc1C(=O)NC(C)C(=O)Nc1ccccc1F. The number of hydrogen-bond acceptors (Lipinski definition) is 2. The number of amides is 2. The van der Waals surface area contributed by atoms with Crippen molar-refractivity contribution >= 4 is 17.5 Å². The summed E-state index contributed by atoms with van der Waals surface area (Å²) in [4.78, 5) is 24.2. The highest BCUT2D eigenvalue weighted by atomic mass is 19.1. The first-order chi connectivity index (χ1) is 10.5. The number of benzene rings is 2. The molecule has 0 aliphatic heterocycles. The average molecular weight is 300 g/mol. The summed E-state index contributed by atoms with van der Waals surface area (Å²) >= 11 is 0. The summed E-state index contributed by atoms with van der Waals surface area (Å²) in [6, 6.07) is 12.2. The molecule has 0 saturated carbocycles. The Morgan fingerprint density at radius 1 is 1.05 bits per heavy atom. The van der Waals surface area contributed by atoms with Crippen LogP contribution < -0.4 is 10.6 Å². The highest BCUT2D eigenvalue weighted by molar-refractivity contribution is 6.01. The maximum Gasteiger partial charge on any atom is 0.252 e. The molecule has 0 aliphatic carbocycles. The predicted octanol–water partition coefficient (Wildman–Crippen LogP) is 2.89. The van der Waals surface area contributed by atoms with Gasteiger partial charge >= 0.3 is 0 Å². The van der Waals surface area contributed by atoms with Crippen molar-refractivity contribution in [2.75, 3.05) is 5.32 Å². The second kappa shape index (κ2) is 6.85. The van der Waals surface area contributed by atoms with Crippen LogP contribution >= 0.6 is 0 Å². The van der Waals surface area contributed by atoms with Crippen molar-refractivity contribution < 1.29 is 14.0 Å². The van der Waals surface area contributed by atoms with E-state index in [-0.39, 0.29) is 11.6 Å². The summed E-state index contributed by atoms with van der Waals surface area (Å²) in [7, 11) is 0. The summed E-state index contributed by atoms with van der Waals surface area (Å²) in [5.41, 5.74) is 1.42. The number of nitrogens with one attached hydrogen (secondary N) is 2. The quantitative estimate of drug-likeness (QED) is 0.912. The van der Waals surface area contributed by atoms with Gasteiger partial charge in [0.2, 0.25) is 5.91 Å². The second-order valence-corrected chi connectivity index (χ2v) is 4.98. The van der Waals surface area contributed by atoms with Crippen LogP contribution in [-0.2, 0) is 4.79 Å². The van der Waals surface area contributed by atoms with E-state index in [0.717, 1.165) is 5.56 Å². The van der Waals surface area contributed by atoms with Crippen molar-refractivity contribution in [2.24, 2.45) is 0 Å². The van der Waals surface area contributed by atoms with E-state index < -0.39 is 17.8 Å². The lowest BCUT2D eigenvalue weighted by Gasteiger charge is -2.15. The van der Waals surface area contributed by atoms with Crippen LogP contribution in [0.4, 0.5) is 10.1 Å². The largest absolute Gasteiger partial charge is 0.341 e. The molecule has 0 aliphatic rings. The molecule has 2 amide bonds. The predicted molar refractivity (Wildman–Crippen MR) is 83.1 cm³/mol. The third-order valence-electron chi connectivity index (χ3n) is 3.26. The van der Waals surface area contributed by atoms with Crippen molar-refractivity contribution in [3.05, 3.63) is 65.5 Å². The van der Waals surface area contributed by atoms with Gasteiger partial charge in [0.15, 0.2) is 0 Å². The van der Waals surface area contributed by atoms with E-state index in [0.29, 0.717) is 5.56 Å². The zero-order chi connectivity index (χ0) is 16.1. The number of anilines is 1. The molecule has 2 aromatic carbocycles. The lowest BCUT2D eigenvalue weighted by Crippen LogP contribution is -2.41. The van der Waals surface area contributed by atoms with Crippen molar-refractivity contribution in [1.29, 1.82) is 0 Å². The van der Waals surface area contributed by atoms with Crippen LogP contribution in [0.15, 0.2) is 48.5 Å². The topological polar surface area (TPSA) is 58.2 Å². The number of aryl methyl sites for hydroxylation is 1. The van der Waals surface area contributed by atoms with Crippen molar-refractivity contribution in [1.82, 2.24) is 5.32 Å². The number of carbonyl (C=O) groups excluding carboxylic acids is 2. The first-order valence-corrected chi connectivity index (χ1v) is 6.91. The Morgan fingerprint density at radius 3 is 2.36 bits per heavy atom. The molecule has 0 heterocycles. The summed E-state index contributed by atoms with van der Waals surface area (Å²) in [5, 5.41) is 5.06. The lowest BCUT2D eigenvalue weighted by molar-refractivity contribution is -0.117. The minimum atomic E-state index is -0.785. The third kappa shape index (κ3) is 3.69. The van der Waals surface area contributed by atoms with Gasteiger partial charge in [0.25, 0.3) is 5.91 Å². The Bertz CT molecular complexity index is 701. The van der Waals surface area contributed by atoms with Gasteiger partial charge in [0.05, 0.1) is 5.69 Å². The Hall–Kier alpha value is -2.69. The highest BCUT2D eigenvalue weighted by Gasteiger charge is 2.18. The van der Waals surface area contributed by atoms with Gasteiger partial charge in [-0.1, -0.05) is 30.3 Å². The summed E-state index contributed by atoms with van der Waals surface area (Å²) in [5.74, 6) is -1.34. The maximum atomic E-state index is 13.5. The molecule has 4 nitrogen and oxygen atoms in total. The Morgan fingerprint density at radius 2 is 1.68 bits per heavy atom. The van der Waals surface area contributed by atoms with Crippen LogP contribution in [-0.4, -0.2) is 17.9 Å². The summed E-state index contributed by atoms with van der Waals surface area (Å²) < 4.78 is 13.5. The van der Waals surface area contributed by atoms with Gasteiger partial charge < -0.3 is 10.6 Å². The number of hydrogen-bond donors (Lipinski definition) is 2. The Labute approximate surface area is 128 Å². The number of halogens is 1. The molecule has 2 aromatic rings. The Balaban J connectivity index is 2.01. The van der Waals surface area contributed by atoms with Gasteiger partial charge in [-0.05, 0) is 37.6 Å². The van der Waals surface area contributed by atoms with E-state index in [9.17, 15) is 14.0 Å². The van der Waals surface area contributed by atoms with Gasteiger partial charge in [0, 0.05) is 5.56 Å². The van der Waals surface area contributed by atoms with E-state index in [4.69, 9.17) is 0 Å². The van der Waals surface area contributed by atoms with Crippen LogP contribution in [0.1, 0.15) is 22.8 Å². The fourth-order valence-corrected chi connectivity index (χ4v) is 1.97. The molecule has 1 atom stereocenters. The minimum Gasteiger partial charge on any atom is -0.341 e. The number of para-hydroxylation sites is 1. The molecule has 5 heteroatoms. The average Bonchev–Trinajstić information content (AvgIpc) is 2.49. The molecule has 22 heavy (non-hydrogen) atoms. The van der Waals surface area contributed by atoms with Crippen LogP contribution in [0.3, 0.4) is 0 Å². The van der Waals surface area contributed by atoms with Gasteiger partial charge in [-0.3, -0.25) is 9.59 Å². The zero-order valence-electron chi connectivity index (χ0n) is 12.4. The van der Waals surface area contributed by atoms with E-state index >= 15 is 0 Å². The van der Waals surface area contributed by atoms with E-state index in [1.54, 1.807) is 25.1 Å². The highest BCUT2D eigenvalue weighted by Crippen LogP contribution is 2.13. The van der Waals surface area contributed by atoms with Gasteiger partial charge in [-0.15, -0.1) is 0 Å². The molecule has 0 aromatic heterocycles. The van der Waals surface area contributed by atoms with Crippen LogP contribution in [0.5, 0.6) is 0 Å². The van der Waals surface area contributed by atoms with Crippen LogP contribution in [0.25, 0.3) is 0 Å². The normalized spacial score (nSPS) is 11.6. The smallest absolute Gasteiger partial charge is 0.252 e. The molecule has 114 valence electrons. The maximum absolute atomic E-state index is 13.5. The fourth-order valence-electron chi connectivity index (χ4n) is 1.97. The fraction of sp³-hybridized carbons (Fsp3) is 0.176. The third-order valence-corrected chi connectivity index (χ3v) is 3.26. The van der Waals surface area contributed by atoms with E-state index in [1.807, 2.05) is 19.1 Å². The molecule has 2 N–H and O–H groups in total. The molecule has 0 radical (unpaired) electrons. The molecule has 1 unspecified atom stereocenters. The first kappa shape index (κ1) is 15.7. The minimum absolute atomic E-state index is 0.0875. The molecule has 0 saturated heterocycles. The van der Waals surface area contributed by atoms with Gasteiger partial charge in [-0.2, -0.15) is 0 Å². The van der Waals surface area contributed by atoms with Crippen LogP contribution in [0, 0.1) is 12.7 Å². The first-order valence-electron chi connectivity index (χ1n) is 6.91. The zero-order valence-corrected chi connectivity index (χ0v) is 12.4. The monoisotopic (exact) mass is 300 g/mol. The molecule has 0 spiro atoms.